The minimum absolute atomic E-state index is 0.625. The third-order valence-electron chi connectivity index (χ3n) is 3.60. The van der Waals surface area contributed by atoms with Crippen LogP contribution in [0.2, 0.25) is 0 Å². The lowest BCUT2D eigenvalue weighted by molar-refractivity contribution is 0.304. The van der Waals surface area contributed by atoms with Crippen molar-refractivity contribution in [2.24, 2.45) is 0 Å². The average molecular weight is 253 g/mol. The molecule has 1 aliphatic rings. The summed E-state index contributed by atoms with van der Waals surface area (Å²) in [5, 5.41) is 3.46. The molecule has 0 amide bonds. The van der Waals surface area contributed by atoms with Crippen LogP contribution in [0.3, 0.4) is 0 Å². The van der Waals surface area contributed by atoms with E-state index in [1.54, 1.807) is 0 Å². The summed E-state index contributed by atoms with van der Waals surface area (Å²) < 4.78 is 5.89. The molecular formula is C17H19NO. The molecule has 0 saturated carbocycles. The zero-order valence-electron chi connectivity index (χ0n) is 11.3. The first-order chi connectivity index (χ1) is 9.33. The topological polar surface area (TPSA) is 21.3 Å². The van der Waals surface area contributed by atoms with Crippen molar-refractivity contribution in [1.82, 2.24) is 0 Å². The van der Waals surface area contributed by atoms with Gasteiger partial charge < -0.3 is 10.1 Å². The van der Waals surface area contributed by atoms with E-state index < -0.39 is 0 Å². The summed E-state index contributed by atoms with van der Waals surface area (Å²) in [5.74, 6) is 0.966. The normalized spacial score (nSPS) is 13.5. The zero-order valence-corrected chi connectivity index (χ0v) is 11.3. The molecule has 0 atom stereocenters. The first kappa shape index (κ1) is 12.1. The molecule has 1 aliphatic heterocycles. The minimum atomic E-state index is 0.625. The Hall–Kier alpha value is -1.96. The summed E-state index contributed by atoms with van der Waals surface area (Å²) in [6, 6.07) is 14.7. The Kier molecular flexibility index (Phi) is 3.41. The lowest BCUT2D eigenvalue weighted by atomic mass is 10.0. The van der Waals surface area contributed by atoms with E-state index in [0.29, 0.717) is 6.61 Å². The molecule has 19 heavy (non-hydrogen) atoms. The maximum absolute atomic E-state index is 5.89. The van der Waals surface area contributed by atoms with Crippen molar-refractivity contribution in [3.05, 3.63) is 59.2 Å². The predicted octanol–water partition coefficient (Wildman–Crippen LogP) is 3.93. The Bertz CT molecular complexity index is 577. The predicted molar refractivity (Wildman–Crippen MR) is 78.8 cm³/mol. The summed E-state index contributed by atoms with van der Waals surface area (Å²) in [7, 11) is 0. The number of hydrogen-bond donors (Lipinski definition) is 1. The van der Waals surface area contributed by atoms with Gasteiger partial charge in [0.25, 0.3) is 0 Å². The van der Waals surface area contributed by atoms with E-state index in [2.05, 4.69) is 36.5 Å². The summed E-state index contributed by atoms with van der Waals surface area (Å²) in [4.78, 5) is 0. The van der Waals surface area contributed by atoms with Crippen molar-refractivity contribution < 1.29 is 4.74 Å². The fourth-order valence-corrected chi connectivity index (χ4v) is 2.48. The zero-order chi connectivity index (χ0) is 13.1. The highest BCUT2D eigenvalue weighted by molar-refractivity contribution is 5.54. The van der Waals surface area contributed by atoms with Gasteiger partial charge in [0.2, 0.25) is 0 Å². The summed E-state index contributed by atoms with van der Waals surface area (Å²) in [6.07, 6.45) is 2.41. The largest absolute Gasteiger partial charge is 0.489 e. The number of aryl methyl sites for hydroxylation is 2. The van der Waals surface area contributed by atoms with Crippen molar-refractivity contribution in [3.63, 3.8) is 0 Å². The Morgan fingerprint density at radius 3 is 2.95 bits per heavy atom. The number of anilines is 1. The maximum Gasteiger partial charge on any atom is 0.122 e. The van der Waals surface area contributed by atoms with Gasteiger partial charge in [0, 0.05) is 12.2 Å². The van der Waals surface area contributed by atoms with Crippen molar-refractivity contribution in [2.75, 3.05) is 11.9 Å². The van der Waals surface area contributed by atoms with Gasteiger partial charge in [0.1, 0.15) is 12.4 Å². The Morgan fingerprint density at radius 2 is 2.05 bits per heavy atom. The summed E-state index contributed by atoms with van der Waals surface area (Å²) >= 11 is 0. The summed E-state index contributed by atoms with van der Waals surface area (Å²) in [6.45, 7) is 3.78. The van der Waals surface area contributed by atoms with Gasteiger partial charge in [0.05, 0.1) is 0 Å². The molecule has 2 nitrogen and oxygen atoms in total. The molecule has 0 aromatic heterocycles. The molecule has 0 radical (unpaired) electrons. The molecule has 0 aliphatic carbocycles. The van der Waals surface area contributed by atoms with Crippen LogP contribution >= 0.6 is 0 Å². The van der Waals surface area contributed by atoms with Gasteiger partial charge in [-0.05, 0) is 48.6 Å². The second-order valence-corrected chi connectivity index (χ2v) is 5.08. The third-order valence-corrected chi connectivity index (χ3v) is 3.60. The monoisotopic (exact) mass is 253 g/mol. The number of ether oxygens (including phenoxy) is 1. The Balaban J connectivity index is 1.72. The minimum Gasteiger partial charge on any atom is -0.489 e. The van der Waals surface area contributed by atoms with Gasteiger partial charge >= 0.3 is 0 Å². The molecular weight excluding hydrogens is 234 g/mol. The average Bonchev–Trinajstić information content (AvgIpc) is 2.46. The van der Waals surface area contributed by atoms with Gasteiger partial charge in [-0.2, -0.15) is 0 Å². The molecule has 2 aromatic carbocycles. The second-order valence-electron chi connectivity index (χ2n) is 5.08. The number of nitrogens with one attached hydrogen (secondary N) is 1. The highest BCUT2D eigenvalue weighted by Crippen LogP contribution is 2.24. The molecule has 0 spiro atoms. The quantitative estimate of drug-likeness (QED) is 0.894. The first-order valence-corrected chi connectivity index (χ1v) is 6.87. The molecule has 0 saturated heterocycles. The van der Waals surface area contributed by atoms with E-state index in [0.717, 1.165) is 12.3 Å². The standard InChI is InChI=1S/C17H19NO/c1-13-5-2-3-7-17(13)19-12-14-8-9-15-6-4-10-18-16(15)11-14/h2-3,5,7-9,11,18H,4,6,10,12H2,1H3. The lowest BCUT2D eigenvalue weighted by Gasteiger charge is -2.19. The fraction of sp³-hybridized carbons (Fsp3) is 0.294. The molecule has 1 N–H and O–H groups in total. The second kappa shape index (κ2) is 5.35. The van der Waals surface area contributed by atoms with Crippen LogP contribution in [-0.4, -0.2) is 6.54 Å². The highest BCUT2D eigenvalue weighted by Gasteiger charge is 2.09. The van der Waals surface area contributed by atoms with Crippen LogP contribution < -0.4 is 10.1 Å². The van der Waals surface area contributed by atoms with E-state index in [9.17, 15) is 0 Å². The molecule has 0 unspecified atom stereocenters. The molecule has 2 aromatic rings. The molecule has 0 fully saturated rings. The number of benzene rings is 2. The highest BCUT2D eigenvalue weighted by atomic mass is 16.5. The van der Waals surface area contributed by atoms with Crippen LogP contribution in [0.1, 0.15) is 23.1 Å². The lowest BCUT2D eigenvalue weighted by Crippen LogP contribution is -2.12. The molecule has 98 valence electrons. The Labute approximate surface area is 114 Å². The molecule has 2 heteroatoms. The van der Waals surface area contributed by atoms with Gasteiger partial charge in [-0.3, -0.25) is 0 Å². The van der Waals surface area contributed by atoms with Crippen LogP contribution in [-0.2, 0) is 13.0 Å². The van der Waals surface area contributed by atoms with E-state index >= 15 is 0 Å². The first-order valence-electron chi connectivity index (χ1n) is 6.87. The molecule has 3 rings (SSSR count). The van der Waals surface area contributed by atoms with Crippen molar-refractivity contribution in [3.8, 4) is 5.75 Å². The van der Waals surface area contributed by atoms with Crippen molar-refractivity contribution >= 4 is 5.69 Å². The maximum atomic E-state index is 5.89. The van der Waals surface area contributed by atoms with Crippen molar-refractivity contribution in [2.45, 2.75) is 26.4 Å². The van der Waals surface area contributed by atoms with Gasteiger partial charge in [-0.25, -0.2) is 0 Å². The SMILES string of the molecule is Cc1ccccc1OCc1ccc2c(c1)NCCC2. The van der Waals surface area contributed by atoms with Crippen LogP contribution in [0.4, 0.5) is 5.69 Å². The number of rotatable bonds is 3. The van der Waals surface area contributed by atoms with Gasteiger partial charge in [-0.1, -0.05) is 30.3 Å². The van der Waals surface area contributed by atoms with E-state index in [1.165, 1.54) is 35.2 Å². The van der Waals surface area contributed by atoms with Crippen molar-refractivity contribution in [1.29, 1.82) is 0 Å². The van der Waals surface area contributed by atoms with Crippen LogP contribution in [0.5, 0.6) is 5.75 Å². The summed E-state index contributed by atoms with van der Waals surface area (Å²) in [5.41, 5.74) is 5.10. The molecule has 1 heterocycles. The van der Waals surface area contributed by atoms with Gasteiger partial charge in [0.15, 0.2) is 0 Å². The Morgan fingerprint density at radius 1 is 1.16 bits per heavy atom. The number of fused-ring (bicyclic) bond motifs is 1. The molecule has 0 bridgehead atoms. The number of para-hydroxylation sites is 1. The smallest absolute Gasteiger partial charge is 0.122 e. The fourth-order valence-electron chi connectivity index (χ4n) is 2.48. The third kappa shape index (κ3) is 2.73. The van der Waals surface area contributed by atoms with Crippen LogP contribution in [0, 0.1) is 6.92 Å². The van der Waals surface area contributed by atoms with E-state index in [1.807, 2.05) is 18.2 Å². The van der Waals surface area contributed by atoms with Crippen LogP contribution in [0.15, 0.2) is 42.5 Å². The van der Waals surface area contributed by atoms with Gasteiger partial charge in [-0.15, -0.1) is 0 Å². The van der Waals surface area contributed by atoms with E-state index in [4.69, 9.17) is 4.74 Å². The van der Waals surface area contributed by atoms with E-state index in [-0.39, 0.29) is 0 Å². The van der Waals surface area contributed by atoms with Crippen LogP contribution in [0.25, 0.3) is 0 Å². The number of hydrogen-bond acceptors (Lipinski definition) is 2.